The summed E-state index contributed by atoms with van der Waals surface area (Å²) in [6, 6.07) is -1.09. The highest BCUT2D eigenvalue weighted by molar-refractivity contribution is 7.90. The van der Waals surface area contributed by atoms with Crippen LogP contribution >= 0.6 is 0 Å². The molecule has 5 amide bonds. The average Bonchev–Trinajstić information content (AvgIpc) is 3.01. The molecule has 162 valence electrons. The lowest BCUT2D eigenvalue weighted by molar-refractivity contribution is -0.137. The van der Waals surface area contributed by atoms with E-state index in [9.17, 15) is 32.7 Å². The van der Waals surface area contributed by atoms with Gasteiger partial charge in [-0.2, -0.15) is 0 Å². The molecule has 3 rings (SSSR count). The molecule has 1 atom stereocenters. The van der Waals surface area contributed by atoms with Gasteiger partial charge in [-0.1, -0.05) is 6.08 Å². The molecule has 0 aromatic carbocycles. The highest BCUT2D eigenvalue weighted by Crippen LogP contribution is 2.13. The summed E-state index contributed by atoms with van der Waals surface area (Å²) in [6.45, 7) is 0.691. The third-order valence-corrected chi connectivity index (χ3v) is 5.61. The fourth-order valence-corrected chi connectivity index (χ4v) is 3.65. The molecule has 0 saturated carbocycles. The number of nitrogens with zero attached hydrogens (tertiary/aromatic N) is 3. The molecule has 13 nitrogen and oxygen atoms in total. The number of hydrogen-bond acceptors (Lipinski definition) is 8. The molecule has 1 unspecified atom stereocenters. The first-order valence-corrected chi connectivity index (χ1v) is 10.5. The van der Waals surface area contributed by atoms with E-state index in [1.165, 1.54) is 28.1 Å². The molecular formula is C16H20N6O7S. The zero-order chi connectivity index (χ0) is 22.1. The number of aromatic amines is 1. The number of hydrogen-bond donors (Lipinski definition) is 4. The van der Waals surface area contributed by atoms with Crippen LogP contribution in [-0.2, 0) is 21.4 Å². The highest BCUT2D eigenvalue weighted by Gasteiger charge is 2.39. The van der Waals surface area contributed by atoms with Gasteiger partial charge < -0.3 is 20.7 Å². The molecule has 2 saturated heterocycles. The van der Waals surface area contributed by atoms with E-state index in [0.717, 1.165) is 6.20 Å². The first kappa shape index (κ1) is 21.3. The van der Waals surface area contributed by atoms with Crippen molar-refractivity contribution in [3.8, 4) is 5.75 Å². The Kier molecular flexibility index (Phi) is 5.80. The molecule has 5 N–H and O–H groups in total. The van der Waals surface area contributed by atoms with Gasteiger partial charge in [0.2, 0.25) is 21.4 Å². The Morgan fingerprint density at radius 3 is 2.70 bits per heavy atom. The summed E-state index contributed by atoms with van der Waals surface area (Å²) in [7, 11) is -4.06. The second-order valence-electron chi connectivity index (χ2n) is 6.73. The van der Waals surface area contributed by atoms with Gasteiger partial charge in [0.1, 0.15) is 6.04 Å². The number of rotatable bonds is 6. The number of imide groups is 1. The van der Waals surface area contributed by atoms with Crippen LogP contribution in [-0.4, -0.2) is 82.6 Å². The molecule has 14 heteroatoms. The maximum Gasteiger partial charge on any atom is 0.337 e. The van der Waals surface area contributed by atoms with Gasteiger partial charge in [-0.05, 0) is 0 Å². The number of nitrogens with two attached hydrogens (primary N) is 1. The predicted molar refractivity (Wildman–Crippen MR) is 102 cm³/mol. The highest BCUT2D eigenvalue weighted by atomic mass is 32.2. The van der Waals surface area contributed by atoms with Crippen molar-refractivity contribution in [1.29, 1.82) is 0 Å². The summed E-state index contributed by atoms with van der Waals surface area (Å²) < 4.78 is 25.7. The summed E-state index contributed by atoms with van der Waals surface area (Å²) in [5, 5.41) is 9.25. The third kappa shape index (κ3) is 4.60. The van der Waals surface area contributed by atoms with E-state index in [-0.39, 0.29) is 13.1 Å². The van der Waals surface area contributed by atoms with Gasteiger partial charge in [0.05, 0.1) is 18.8 Å². The van der Waals surface area contributed by atoms with E-state index in [1.54, 1.807) is 4.72 Å². The number of β-lactam (4-membered cyclic amide) rings is 1. The fraction of sp³-hybridized carbons (Fsp3) is 0.375. The maximum atomic E-state index is 12.4. The van der Waals surface area contributed by atoms with Crippen molar-refractivity contribution in [2.75, 3.05) is 25.4 Å². The lowest BCUT2D eigenvalue weighted by atomic mass is 10.1. The number of amides is 5. The van der Waals surface area contributed by atoms with Crippen LogP contribution in [0.5, 0.6) is 5.75 Å². The normalized spacial score (nSPS) is 19.5. The van der Waals surface area contributed by atoms with Crippen LogP contribution in [0, 0.1) is 0 Å². The quantitative estimate of drug-likeness (QED) is 0.367. The van der Waals surface area contributed by atoms with Gasteiger partial charge in [-0.3, -0.25) is 19.4 Å². The van der Waals surface area contributed by atoms with Gasteiger partial charge >= 0.3 is 12.1 Å². The van der Waals surface area contributed by atoms with Crippen molar-refractivity contribution in [2.24, 2.45) is 5.73 Å². The lowest BCUT2D eigenvalue weighted by Crippen LogP contribution is -2.65. The zero-order valence-corrected chi connectivity index (χ0v) is 16.5. The summed E-state index contributed by atoms with van der Waals surface area (Å²) >= 11 is 0. The van der Waals surface area contributed by atoms with Crippen molar-refractivity contribution in [2.45, 2.75) is 12.6 Å². The first-order chi connectivity index (χ1) is 14.1. The molecule has 3 heterocycles. The number of nitrogens with one attached hydrogen (secondary N) is 2. The fourth-order valence-electron chi connectivity index (χ4n) is 2.85. The van der Waals surface area contributed by atoms with Crippen LogP contribution in [0.1, 0.15) is 5.69 Å². The number of aromatic hydroxyl groups is 1. The van der Waals surface area contributed by atoms with Crippen molar-refractivity contribution >= 4 is 28.0 Å². The minimum absolute atomic E-state index is 0.0551. The number of likely N-dealkylation sites (tertiary alicyclic amines) is 1. The Balaban J connectivity index is 1.51. The number of pyridine rings is 1. The van der Waals surface area contributed by atoms with Crippen molar-refractivity contribution in [1.82, 2.24) is 24.4 Å². The Labute approximate surface area is 170 Å². The molecule has 2 aliphatic rings. The predicted octanol–water partition coefficient (Wildman–Crippen LogP) is -1.96. The Morgan fingerprint density at radius 2 is 2.07 bits per heavy atom. The van der Waals surface area contributed by atoms with Crippen molar-refractivity contribution < 1.29 is 27.9 Å². The summed E-state index contributed by atoms with van der Waals surface area (Å²) in [5.41, 5.74) is 5.21. The van der Waals surface area contributed by atoms with Crippen LogP contribution in [0.25, 0.3) is 0 Å². The lowest BCUT2D eigenvalue weighted by Gasteiger charge is -2.33. The summed E-state index contributed by atoms with van der Waals surface area (Å²) in [4.78, 5) is 53.1. The largest absolute Gasteiger partial charge is 0.503 e. The SMILES string of the molecule is NC1CN(C(=O)NS(=O)(=O)CC=CN2CCN(Cc3cc(=O)c(O)c[nH]3)C2=O)C1=O. The first-order valence-electron chi connectivity index (χ1n) is 8.81. The van der Waals surface area contributed by atoms with Crippen LogP contribution in [0.15, 0.2) is 29.3 Å². The van der Waals surface area contributed by atoms with E-state index >= 15 is 0 Å². The molecule has 0 bridgehead atoms. The summed E-state index contributed by atoms with van der Waals surface area (Å²) in [6.07, 6.45) is 3.62. The minimum atomic E-state index is -4.06. The van der Waals surface area contributed by atoms with Crippen LogP contribution in [0.3, 0.4) is 0 Å². The number of urea groups is 2. The number of aromatic nitrogens is 1. The van der Waals surface area contributed by atoms with Gasteiger partial charge in [-0.25, -0.2) is 22.7 Å². The van der Waals surface area contributed by atoms with E-state index in [4.69, 9.17) is 5.73 Å². The van der Waals surface area contributed by atoms with Gasteiger partial charge in [0.25, 0.3) is 0 Å². The van der Waals surface area contributed by atoms with Gasteiger partial charge in [0.15, 0.2) is 5.75 Å². The second kappa shape index (κ2) is 8.16. The molecular weight excluding hydrogens is 420 g/mol. The number of sulfonamides is 1. The van der Waals surface area contributed by atoms with E-state index in [0.29, 0.717) is 23.7 Å². The average molecular weight is 440 g/mol. The second-order valence-corrected chi connectivity index (χ2v) is 8.50. The minimum Gasteiger partial charge on any atom is -0.503 e. The third-order valence-electron chi connectivity index (χ3n) is 4.49. The van der Waals surface area contributed by atoms with Crippen molar-refractivity contribution in [3.63, 3.8) is 0 Å². The number of H-pyrrole nitrogens is 1. The van der Waals surface area contributed by atoms with Crippen LogP contribution < -0.4 is 15.9 Å². The maximum absolute atomic E-state index is 12.4. The molecule has 30 heavy (non-hydrogen) atoms. The van der Waals surface area contributed by atoms with Crippen molar-refractivity contribution in [3.05, 3.63) is 40.5 Å². The van der Waals surface area contributed by atoms with Gasteiger partial charge in [0, 0.05) is 37.2 Å². The molecule has 0 aliphatic carbocycles. The van der Waals surface area contributed by atoms with Gasteiger partial charge in [-0.15, -0.1) is 0 Å². The zero-order valence-electron chi connectivity index (χ0n) is 15.6. The number of carbonyl (C=O) groups is 3. The van der Waals surface area contributed by atoms with Crippen LogP contribution in [0.2, 0.25) is 0 Å². The molecule has 2 aliphatic heterocycles. The molecule has 0 spiro atoms. The Morgan fingerprint density at radius 1 is 1.33 bits per heavy atom. The Bertz CT molecular complexity index is 1070. The molecule has 1 aromatic heterocycles. The number of carbonyl (C=O) groups excluding carboxylic acids is 3. The monoisotopic (exact) mass is 440 g/mol. The summed E-state index contributed by atoms with van der Waals surface area (Å²) in [5.74, 6) is -1.66. The molecule has 2 fully saturated rings. The molecule has 1 aromatic rings. The standard InChI is InChI=1S/C16H20N6O7S/c17-11-9-22(14(11)25)15(26)19-30(28,29)5-1-2-20-3-4-21(16(20)27)8-10-6-12(23)13(24)7-18-10/h1-2,6-7,11,24H,3-5,8-9,17H2,(H,18,23)(H,19,26). The van der Waals surface area contributed by atoms with E-state index in [2.05, 4.69) is 4.98 Å². The topological polar surface area (TPSA) is 186 Å². The van der Waals surface area contributed by atoms with Crippen LogP contribution in [0.4, 0.5) is 9.59 Å². The smallest absolute Gasteiger partial charge is 0.337 e. The van der Waals surface area contributed by atoms with E-state index < -0.39 is 51.0 Å². The Hall–Kier alpha value is -3.39. The molecule has 0 radical (unpaired) electrons. The van der Waals surface area contributed by atoms with E-state index in [1.807, 2.05) is 0 Å².